The molecular formula is C32H46. The van der Waals surface area contributed by atoms with Gasteiger partial charge in [-0.1, -0.05) is 127 Å². The lowest BCUT2D eigenvalue weighted by Gasteiger charge is -2.25. The Kier molecular flexibility index (Phi) is 9.21. The van der Waals surface area contributed by atoms with Crippen molar-refractivity contribution >= 4 is 21.5 Å². The molecule has 2 atom stereocenters. The third-order valence-electron chi connectivity index (χ3n) is 7.73. The maximum absolute atomic E-state index is 2.44. The number of benzene rings is 3. The molecule has 0 aromatic heterocycles. The van der Waals surface area contributed by atoms with E-state index in [1.54, 1.807) is 11.1 Å². The van der Waals surface area contributed by atoms with Gasteiger partial charge in [0.25, 0.3) is 0 Å². The predicted octanol–water partition coefficient (Wildman–Crippen LogP) is 10.1. The van der Waals surface area contributed by atoms with Gasteiger partial charge in [-0.25, -0.2) is 0 Å². The van der Waals surface area contributed by atoms with Crippen LogP contribution in [0, 0.1) is 25.7 Å². The molecule has 0 spiro atoms. The molecule has 0 saturated heterocycles. The van der Waals surface area contributed by atoms with Crippen LogP contribution in [-0.4, -0.2) is 0 Å². The van der Waals surface area contributed by atoms with Crippen LogP contribution in [0.25, 0.3) is 21.5 Å². The Morgan fingerprint density at radius 3 is 1.31 bits per heavy atom. The molecule has 0 saturated carbocycles. The Labute approximate surface area is 197 Å². The molecule has 0 N–H and O–H groups in total. The first-order valence-corrected chi connectivity index (χ1v) is 13.5. The molecule has 0 fully saturated rings. The Morgan fingerprint density at radius 1 is 0.562 bits per heavy atom. The molecule has 0 aliphatic carbocycles. The normalized spacial score (nSPS) is 13.7. The van der Waals surface area contributed by atoms with Crippen molar-refractivity contribution in [1.29, 1.82) is 0 Å². The molecule has 0 radical (unpaired) electrons. The van der Waals surface area contributed by atoms with Gasteiger partial charge in [0.2, 0.25) is 0 Å². The summed E-state index contributed by atoms with van der Waals surface area (Å²) < 4.78 is 0. The van der Waals surface area contributed by atoms with E-state index < -0.39 is 0 Å². The second-order valence-electron chi connectivity index (χ2n) is 10.3. The van der Waals surface area contributed by atoms with Crippen LogP contribution in [0.3, 0.4) is 0 Å². The number of hydrogen-bond acceptors (Lipinski definition) is 0. The van der Waals surface area contributed by atoms with Crippen LogP contribution in [0.2, 0.25) is 0 Å². The van der Waals surface area contributed by atoms with E-state index in [0.717, 1.165) is 11.8 Å². The highest BCUT2D eigenvalue weighted by molar-refractivity contribution is 6.11. The SMILES string of the molecule is CCCCC(CC)Cc1c(CC(CC)CCCC)c2ccc(C)cc2c2cc(C)ccc12. The molecule has 0 bridgehead atoms. The molecular weight excluding hydrogens is 384 g/mol. The predicted molar refractivity (Wildman–Crippen MR) is 145 cm³/mol. The monoisotopic (exact) mass is 430 g/mol. The molecule has 0 heterocycles. The topological polar surface area (TPSA) is 0 Å². The summed E-state index contributed by atoms with van der Waals surface area (Å²) in [7, 11) is 0. The van der Waals surface area contributed by atoms with Gasteiger partial charge in [-0.05, 0) is 71.2 Å². The van der Waals surface area contributed by atoms with Gasteiger partial charge >= 0.3 is 0 Å². The first-order chi connectivity index (χ1) is 15.5. The Morgan fingerprint density at radius 2 is 0.969 bits per heavy atom. The van der Waals surface area contributed by atoms with Crippen LogP contribution in [0.1, 0.15) is 101 Å². The fourth-order valence-electron chi connectivity index (χ4n) is 5.54. The number of aryl methyl sites for hydroxylation is 2. The van der Waals surface area contributed by atoms with Crippen LogP contribution in [0.5, 0.6) is 0 Å². The van der Waals surface area contributed by atoms with Gasteiger partial charge in [0, 0.05) is 0 Å². The summed E-state index contributed by atoms with van der Waals surface area (Å²) in [4.78, 5) is 0. The zero-order valence-electron chi connectivity index (χ0n) is 21.7. The van der Waals surface area contributed by atoms with Crippen LogP contribution in [-0.2, 0) is 12.8 Å². The largest absolute Gasteiger partial charge is 0.0654 e. The van der Waals surface area contributed by atoms with Crippen molar-refractivity contribution < 1.29 is 0 Å². The molecule has 3 aromatic carbocycles. The summed E-state index contributed by atoms with van der Waals surface area (Å²) in [5.41, 5.74) is 6.06. The maximum Gasteiger partial charge on any atom is -0.00997 e. The number of unbranched alkanes of at least 4 members (excludes halogenated alkanes) is 2. The third-order valence-corrected chi connectivity index (χ3v) is 7.73. The van der Waals surface area contributed by atoms with Crippen molar-refractivity contribution in [2.24, 2.45) is 11.8 Å². The van der Waals surface area contributed by atoms with Crippen molar-refractivity contribution in [2.75, 3.05) is 0 Å². The van der Waals surface area contributed by atoms with Gasteiger partial charge in [0.15, 0.2) is 0 Å². The van der Waals surface area contributed by atoms with Crippen LogP contribution < -0.4 is 0 Å². The van der Waals surface area contributed by atoms with Crippen LogP contribution in [0.4, 0.5) is 0 Å². The highest BCUT2D eigenvalue weighted by Gasteiger charge is 2.20. The first-order valence-electron chi connectivity index (χ1n) is 13.5. The fourth-order valence-corrected chi connectivity index (χ4v) is 5.54. The highest BCUT2D eigenvalue weighted by atomic mass is 14.2. The third kappa shape index (κ3) is 5.75. The molecule has 0 nitrogen and oxygen atoms in total. The van der Waals surface area contributed by atoms with E-state index in [0.29, 0.717) is 0 Å². The van der Waals surface area contributed by atoms with Crippen molar-refractivity contribution in [3.8, 4) is 0 Å². The number of rotatable bonds is 12. The van der Waals surface area contributed by atoms with Crippen molar-refractivity contribution in [3.05, 3.63) is 58.7 Å². The van der Waals surface area contributed by atoms with E-state index in [1.165, 1.54) is 96.9 Å². The lowest BCUT2D eigenvalue weighted by molar-refractivity contribution is 0.436. The van der Waals surface area contributed by atoms with Crippen LogP contribution >= 0.6 is 0 Å². The van der Waals surface area contributed by atoms with E-state index >= 15 is 0 Å². The number of fused-ring (bicyclic) bond motifs is 3. The summed E-state index contributed by atoms with van der Waals surface area (Å²) in [5.74, 6) is 1.58. The molecule has 0 aliphatic heterocycles. The summed E-state index contributed by atoms with van der Waals surface area (Å²) >= 11 is 0. The zero-order chi connectivity index (χ0) is 23.1. The molecule has 0 amide bonds. The van der Waals surface area contributed by atoms with Gasteiger partial charge in [0.05, 0.1) is 0 Å². The lowest BCUT2D eigenvalue weighted by Crippen LogP contribution is -2.11. The highest BCUT2D eigenvalue weighted by Crippen LogP contribution is 2.38. The standard InChI is InChI=1S/C32H46/c1-7-11-13-25(9-3)21-31-27-17-15-23(5)19-29(27)30-20-24(6)16-18-28(30)32(31)22-26(10-4)14-12-8-2/h15-20,25-26H,7-14,21-22H2,1-6H3. The minimum absolute atomic E-state index is 0.789. The molecule has 32 heavy (non-hydrogen) atoms. The molecule has 2 unspecified atom stereocenters. The van der Waals surface area contributed by atoms with E-state index in [-0.39, 0.29) is 0 Å². The Hall–Kier alpha value is -1.82. The minimum atomic E-state index is 0.789. The average Bonchev–Trinajstić information content (AvgIpc) is 2.80. The van der Waals surface area contributed by atoms with Gasteiger partial charge in [0.1, 0.15) is 0 Å². The average molecular weight is 431 g/mol. The van der Waals surface area contributed by atoms with E-state index in [4.69, 9.17) is 0 Å². The Balaban J connectivity index is 2.24. The fraction of sp³-hybridized carbons (Fsp3) is 0.562. The van der Waals surface area contributed by atoms with Gasteiger partial charge in [-0.15, -0.1) is 0 Å². The van der Waals surface area contributed by atoms with Gasteiger partial charge in [-0.2, -0.15) is 0 Å². The van der Waals surface area contributed by atoms with Crippen LogP contribution in [0.15, 0.2) is 36.4 Å². The minimum Gasteiger partial charge on any atom is -0.0654 e. The van der Waals surface area contributed by atoms with E-state index in [2.05, 4.69) is 77.9 Å². The van der Waals surface area contributed by atoms with Gasteiger partial charge in [-0.3, -0.25) is 0 Å². The van der Waals surface area contributed by atoms with E-state index in [9.17, 15) is 0 Å². The molecule has 0 aliphatic rings. The van der Waals surface area contributed by atoms with Crippen molar-refractivity contribution in [1.82, 2.24) is 0 Å². The van der Waals surface area contributed by atoms with Crippen molar-refractivity contribution in [2.45, 2.75) is 106 Å². The second-order valence-corrected chi connectivity index (χ2v) is 10.3. The zero-order valence-corrected chi connectivity index (χ0v) is 21.7. The summed E-state index contributed by atoms with van der Waals surface area (Å²) in [5, 5.41) is 5.97. The van der Waals surface area contributed by atoms with Gasteiger partial charge < -0.3 is 0 Å². The quantitative estimate of drug-likeness (QED) is 0.251. The molecule has 3 aromatic rings. The van der Waals surface area contributed by atoms with E-state index in [1.807, 2.05) is 0 Å². The molecule has 3 rings (SSSR count). The molecule has 0 heteroatoms. The summed E-state index contributed by atoms with van der Waals surface area (Å²) in [6, 6.07) is 14.4. The number of hydrogen-bond donors (Lipinski definition) is 0. The Bertz CT molecular complexity index is 927. The molecule has 174 valence electrons. The maximum atomic E-state index is 2.44. The lowest BCUT2D eigenvalue weighted by atomic mass is 9.80. The first kappa shape index (κ1) is 24.8. The second kappa shape index (κ2) is 11.9. The summed E-state index contributed by atoms with van der Waals surface area (Å²) in [6.45, 7) is 13.9. The van der Waals surface area contributed by atoms with Crippen molar-refractivity contribution in [3.63, 3.8) is 0 Å². The smallest absolute Gasteiger partial charge is 0.00997 e. The summed E-state index contributed by atoms with van der Waals surface area (Å²) in [6.07, 6.45) is 13.1.